The largest absolute Gasteiger partial charge is 0.480 e. The minimum absolute atomic E-state index is 0.429. The first-order chi connectivity index (χ1) is 12.7. The summed E-state index contributed by atoms with van der Waals surface area (Å²) < 4.78 is 8.09. The van der Waals surface area contributed by atoms with Gasteiger partial charge < -0.3 is 10.5 Å². The molecule has 4 heterocycles. The second-order valence-corrected chi connectivity index (χ2v) is 6.91. The van der Waals surface area contributed by atoms with Gasteiger partial charge in [0.15, 0.2) is 0 Å². The summed E-state index contributed by atoms with van der Waals surface area (Å²) in [6.07, 6.45) is 8.26. The van der Waals surface area contributed by atoms with E-state index in [-0.39, 0.29) is 0 Å². The summed E-state index contributed by atoms with van der Waals surface area (Å²) in [5, 5.41) is 4.41. The fraction of sp³-hybridized carbons (Fsp3) is 0.222. The molecule has 0 aromatic carbocycles. The van der Waals surface area contributed by atoms with E-state index in [1.165, 1.54) is 0 Å². The molecule has 26 heavy (non-hydrogen) atoms. The van der Waals surface area contributed by atoms with Gasteiger partial charge in [-0.3, -0.25) is 4.68 Å². The van der Waals surface area contributed by atoms with Crippen LogP contribution in [0.2, 0.25) is 0 Å². The van der Waals surface area contributed by atoms with E-state index in [2.05, 4.69) is 27.0 Å². The fourth-order valence-corrected chi connectivity index (χ4v) is 3.92. The van der Waals surface area contributed by atoms with Crippen LogP contribution in [0.4, 0.5) is 5.69 Å². The zero-order valence-corrected chi connectivity index (χ0v) is 15.3. The second kappa shape index (κ2) is 6.72. The van der Waals surface area contributed by atoms with Gasteiger partial charge in [0.1, 0.15) is 6.33 Å². The van der Waals surface area contributed by atoms with E-state index in [4.69, 9.17) is 10.5 Å². The van der Waals surface area contributed by atoms with Gasteiger partial charge in [-0.25, -0.2) is 15.0 Å². The Bertz CT molecular complexity index is 1070. The van der Waals surface area contributed by atoms with Crippen LogP contribution in [0.25, 0.3) is 31.9 Å². The van der Waals surface area contributed by atoms with Crippen molar-refractivity contribution in [2.24, 2.45) is 0 Å². The van der Waals surface area contributed by atoms with Gasteiger partial charge in [-0.05, 0) is 18.6 Å². The van der Waals surface area contributed by atoms with Crippen molar-refractivity contribution in [3.8, 4) is 27.6 Å². The third-order valence-corrected chi connectivity index (χ3v) is 5.21. The SMILES string of the molecule is CCCn1cc(-c2ncnc3cc(-c4cnc(OC)c(N)c4)sc23)cn1. The molecule has 2 N–H and O–H groups in total. The number of hydrogen-bond acceptors (Lipinski definition) is 7. The molecule has 0 unspecified atom stereocenters. The number of nitrogens with two attached hydrogens (primary N) is 1. The third-order valence-electron chi connectivity index (χ3n) is 4.03. The van der Waals surface area contributed by atoms with E-state index in [0.29, 0.717) is 11.6 Å². The lowest BCUT2D eigenvalue weighted by molar-refractivity contribution is 0.400. The van der Waals surface area contributed by atoms with E-state index < -0.39 is 0 Å². The number of fused-ring (bicyclic) bond motifs is 1. The Labute approximate surface area is 154 Å². The minimum atomic E-state index is 0.429. The molecule has 0 bridgehead atoms. The van der Waals surface area contributed by atoms with Gasteiger partial charge in [0, 0.05) is 34.9 Å². The van der Waals surface area contributed by atoms with Crippen LogP contribution in [0.3, 0.4) is 0 Å². The molecule has 4 aromatic rings. The van der Waals surface area contributed by atoms with Crippen LogP contribution < -0.4 is 10.5 Å². The van der Waals surface area contributed by atoms with Crippen LogP contribution >= 0.6 is 11.3 Å². The normalized spacial score (nSPS) is 11.2. The Morgan fingerprint density at radius 2 is 2.04 bits per heavy atom. The number of rotatable bonds is 5. The van der Waals surface area contributed by atoms with Crippen molar-refractivity contribution in [1.82, 2.24) is 24.7 Å². The van der Waals surface area contributed by atoms with Gasteiger partial charge in [0.25, 0.3) is 0 Å². The molecule has 0 atom stereocenters. The minimum Gasteiger partial charge on any atom is -0.480 e. The maximum absolute atomic E-state index is 5.99. The number of nitrogens with zero attached hydrogens (tertiary/aromatic N) is 5. The van der Waals surface area contributed by atoms with Crippen LogP contribution in [-0.2, 0) is 6.54 Å². The Morgan fingerprint density at radius 3 is 2.81 bits per heavy atom. The number of thiophene rings is 1. The topological polar surface area (TPSA) is 91.7 Å². The highest BCUT2D eigenvalue weighted by Gasteiger charge is 2.14. The Morgan fingerprint density at radius 1 is 1.15 bits per heavy atom. The molecule has 4 aromatic heterocycles. The molecule has 0 aliphatic heterocycles. The maximum atomic E-state index is 5.99. The fourth-order valence-electron chi connectivity index (χ4n) is 2.81. The predicted octanol–water partition coefficient (Wildman–Crippen LogP) is 3.62. The molecule has 4 rings (SSSR count). The van der Waals surface area contributed by atoms with Crippen LogP contribution in [0, 0.1) is 0 Å². The van der Waals surface area contributed by atoms with Crippen LogP contribution in [0.5, 0.6) is 5.88 Å². The molecule has 0 amide bonds. The first-order valence-electron chi connectivity index (χ1n) is 8.27. The smallest absolute Gasteiger partial charge is 0.236 e. The highest BCUT2D eigenvalue weighted by Crippen LogP contribution is 2.38. The predicted molar refractivity (Wildman–Crippen MR) is 103 cm³/mol. The molecule has 0 fully saturated rings. The molecule has 7 nitrogen and oxygen atoms in total. The summed E-state index contributed by atoms with van der Waals surface area (Å²) in [5.74, 6) is 0.429. The first-order valence-corrected chi connectivity index (χ1v) is 9.08. The summed E-state index contributed by atoms with van der Waals surface area (Å²) in [6, 6.07) is 3.90. The number of aromatic nitrogens is 5. The standard InChI is InChI=1S/C18H18N6OS/c1-3-4-24-9-12(8-23-24)16-17-14(21-10-22-16)6-15(26-17)11-5-13(19)18(25-2)20-7-11/h5-10H,3-4,19H2,1-2H3. The summed E-state index contributed by atoms with van der Waals surface area (Å²) >= 11 is 1.62. The van der Waals surface area contributed by atoms with Crippen molar-refractivity contribution < 1.29 is 4.74 Å². The number of nitrogen functional groups attached to an aromatic ring is 1. The van der Waals surface area contributed by atoms with E-state index in [9.17, 15) is 0 Å². The summed E-state index contributed by atoms with van der Waals surface area (Å²) in [7, 11) is 1.55. The van der Waals surface area contributed by atoms with E-state index in [1.807, 2.05) is 29.2 Å². The lowest BCUT2D eigenvalue weighted by atomic mass is 10.2. The summed E-state index contributed by atoms with van der Waals surface area (Å²) in [5.41, 5.74) is 10.2. The van der Waals surface area contributed by atoms with Crippen LogP contribution in [0.15, 0.2) is 37.1 Å². The van der Waals surface area contributed by atoms with Crippen LogP contribution in [-0.4, -0.2) is 31.8 Å². The molecule has 0 aliphatic rings. The maximum Gasteiger partial charge on any atom is 0.236 e. The van der Waals surface area contributed by atoms with Gasteiger partial charge in [-0.15, -0.1) is 11.3 Å². The molecule has 132 valence electrons. The van der Waals surface area contributed by atoms with Crippen molar-refractivity contribution in [3.05, 3.63) is 37.1 Å². The average Bonchev–Trinajstić information content (AvgIpc) is 3.28. The van der Waals surface area contributed by atoms with Gasteiger partial charge in [0.2, 0.25) is 5.88 Å². The lowest BCUT2D eigenvalue weighted by Gasteiger charge is -2.04. The number of ether oxygens (including phenoxy) is 1. The zero-order valence-electron chi connectivity index (χ0n) is 14.5. The van der Waals surface area contributed by atoms with Gasteiger partial charge in [-0.2, -0.15) is 5.10 Å². The lowest BCUT2D eigenvalue weighted by Crippen LogP contribution is -1.95. The molecule has 0 saturated heterocycles. The molecule has 0 saturated carbocycles. The third kappa shape index (κ3) is 2.88. The number of hydrogen-bond donors (Lipinski definition) is 1. The summed E-state index contributed by atoms with van der Waals surface area (Å²) in [4.78, 5) is 14.2. The van der Waals surface area contributed by atoms with Gasteiger partial charge in [0.05, 0.1) is 34.9 Å². The zero-order chi connectivity index (χ0) is 18.1. The quantitative estimate of drug-likeness (QED) is 0.580. The summed E-state index contributed by atoms with van der Waals surface area (Å²) in [6.45, 7) is 3.02. The van der Waals surface area contributed by atoms with E-state index in [0.717, 1.165) is 44.9 Å². The average molecular weight is 366 g/mol. The second-order valence-electron chi connectivity index (χ2n) is 5.86. The number of anilines is 1. The highest BCUT2D eigenvalue weighted by molar-refractivity contribution is 7.22. The van der Waals surface area contributed by atoms with Gasteiger partial charge >= 0.3 is 0 Å². The van der Waals surface area contributed by atoms with Crippen molar-refractivity contribution in [2.75, 3.05) is 12.8 Å². The molecule has 0 radical (unpaired) electrons. The number of aryl methyl sites for hydroxylation is 1. The number of methoxy groups -OCH3 is 1. The van der Waals surface area contributed by atoms with E-state index >= 15 is 0 Å². The Hall–Kier alpha value is -3.00. The molecular weight excluding hydrogens is 348 g/mol. The van der Waals surface area contributed by atoms with Crippen LogP contribution in [0.1, 0.15) is 13.3 Å². The van der Waals surface area contributed by atoms with Crippen molar-refractivity contribution in [2.45, 2.75) is 19.9 Å². The Balaban J connectivity index is 1.79. The monoisotopic (exact) mass is 366 g/mol. The molecular formula is C18H18N6OS. The van der Waals surface area contributed by atoms with Crippen molar-refractivity contribution >= 4 is 27.2 Å². The molecule has 0 aliphatic carbocycles. The first kappa shape index (κ1) is 16.5. The van der Waals surface area contributed by atoms with E-state index in [1.54, 1.807) is 31.0 Å². The van der Waals surface area contributed by atoms with Gasteiger partial charge in [-0.1, -0.05) is 6.92 Å². The number of pyridine rings is 1. The molecule has 8 heteroatoms. The highest BCUT2D eigenvalue weighted by atomic mass is 32.1. The van der Waals surface area contributed by atoms with Crippen molar-refractivity contribution in [1.29, 1.82) is 0 Å². The van der Waals surface area contributed by atoms with Crippen molar-refractivity contribution in [3.63, 3.8) is 0 Å². The Kier molecular flexibility index (Phi) is 4.26. The molecule has 0 spiro atoms.